The van der Waals surface area contributed by atoms with Gasteiger partial charge in [0.2, 0.25) is 0 Å². The predicted octanol–water partition coefficient (Wildman–Crippen LogP) is 4.98. The van der Waals surface area contributed by atoms with Gasteiger partial charge in [0.1, 0.15) is 0 Å². The van der Waals surface area contributed by atoms with E-state index < -0.39 is 0 Å². The van der Waals surface area contributed by atoms with Gasteiger partial charge in [-0.15, -0.1) is 11.3 Å². The third kappa shape index (κ3) is 3.31. The number of benzene rings is 1. The quantitative estimate of drug-likeness (QED) is 0.717. The second-order valence-electron chi connectivity index (χ2n) is 4.92. The largest absolute Gasteiger partial charge is 0.380 e. The van der Waals surface area contributed by atoms with E-state index in [0.717, 1.165) is 13.0 Å². The summed E-state index contributed by atoms with van der Waals surface area (Å²) in [4.78, 5) is 5.42. The first-order valence-corrected chi connectivity index (χ1v) is 8.04. The van der Waals surface area contributed by atoms with Crippen molar-refractivity contribution in [3.05, 3.63) is 71.4 Å². The van der Waals surface area contributed by atoms with Crippen molar-refractivity contribution >= 4 is 17.0 Å². The van der Waals surface area contributed by atoms with Crippen molar-refractivity contribution in [2.75, 3.05) is 5.32 Å². The maximum absolute atomic E-state index is 4.17. The first-order chi connectivity index (χ1) is 10.4. The molecule has 0 saturated heterocycles. The Morgan fingerprint density at radius 2 is 1.95 bits per heavy atom. The van der Waals surface area contributed by atoms with Crippen molar-refractivity contribution in [1.29, 1.82) is 0 Å². The first kappa shape index (κ1) is 13.8. The van der Waals surface area contributed by atoms with Crippen LogP contribution in [0.15, 0.2) is 60.2 Å². The van der Waals surface area contributed by atoms with Crippen molar-refractivity contribution in [3.8, 4) is 10.4 Å². The van der Waals surface area contributed by atoms with Crippen LogP contribution in [0.25, 0.3) is 10.4 Å². The molecule has 2 nitrogen and oxygen atoms in total. The maximum Gasteiger partial charge on any atom is 0.0458 e. The van der Waals surface area contributed by atoms with E-state index in [9.17, 15) is 0 Å². The molecule has 0 unspecified atom stereocenters. The Labute approximate surface area is 129 Å². The van der Waals surface area contributed by atoms with E-state index in [-0.39, 0.29) is 0 Å². The van der Waals surface area contributed by atoms with Crippen molar-refractivity contribution in [2.24, 2.45) is 0 Å². The molecule has 0 aliphatic carbocycles. The Morgan fingerprint density at radius 3 is 2.71 bits per heavy atom. The van der Waals surface area contributed by atoms with Crippen LogP contribution in [0.4, 0.5) is 5.69 Å². The van der Waals surface area contributed by atoms with E-state index in [1.165, 1.54) is 27.3 Å². The van der Waals surface area contributed by atoms with E-state index in [4.69, 9.17) is 0 Å². The van der Waals surface area contributed by atoms with Crippen LogP contribution in [0.5, 0.6) is 0 Å². The molecule has 106 valence electrons. The van der Waals surface area contributed by atoms with E-state index in [0.29, 0.717) is 0 Å². The fraction of sp³-hybridized carbons (Fsp3) is 0.167. The summed E-state index contributed by atoms with van der Waals surface area (Å²) in [5, 5.41) is 5.68. The molecule has 0 fully saturated rings. The minimum absolute atomic E-state index is 0.868. The lowest BCUT2D eigenvalue weighted by Crippen LogP contribution is -2.01. The molecule has 1 aromatic carbocycles. The summed E-state index contributed by atoms with van der Waals surface area (Å²) in [5.41, 5.74) is 5.12. The lowest BCUT2D eigenvalue weighted by molar-refractivity contribution is 1.05. The van der Waals surface area contributed by atoms with Crippen LogP contribution < -0.4 is 5.32 Å². The minimum atomic E-state index is 0.868. The molecular weight excluding hydrogens is 276 g/mol. The van der Waals surface area contributed by atoms with Gasteiger partial charge in [-0.2, -0.15) is 0 Å². The third-order valence-electron chi connectivity index (χ3n) is 3.53. The molecule has 3 heteroatoms. The molecule has 0 amide bonds. The molecule has 3 rings (SSSR count). The van der Waals surface area contributed by atoms with E-state index in [1.54, 1.807) is 17.5 Å². The Bertz CT molecular complexity index is 704. The third-order valence-corrected chi connectivity index (χ3v) is 4.51. The number of nitrogens with one attached hydrogen (secondary N) is 1. The average molecular weight is 294 g/mol. The summed E-state index contributed by atoms with van der Waals surface area (Å²) < 4.78 is 0. The smallest absolute Gasteiger partial charge is 0.0458 e. The van der Waals surface area contributed by atoms with Gasteiger partial charge in [0.25, 0.3) is 0 Å². The van der Waals surface area contributed by atoms with Crippen molar-refractivity contribution in [2.45, 2.75) is 19.9 Å². The highest BCUT2D eigenvalue weighted by atomic mass is 32.1. The summed E-state index contributed by atoms with van der Waals surface area (Å²) in [6, 6.07) is 14.9. The van der Waals surface area contributed by atoms with Gasteiger partial charge in [-0.3, -0.25) is 4.98 Å². The second-order valence-corrected chi connectivity index (χ2v) is 5.83. The number of thiophene rings is 1. The van der Waals surface area contributed by atoms with E-state index in [2.05, 4.69) is 59.0 Å². The van der Waals surface area contributed by atoms with Gasteiger partial charge in [0, 0.05) is 40.4 Å². The Morgan fingerprint density at radius 1 is 1.10 bits per heavy atom. The standard InChI is InChI=1S/C18H18N2S/c1-2-14-6-3-4-7-15(14)12-20-17-10-18(21-13-17)16-8-5-9-19-11-16/h3-11,13,20H,2,12H2,1H3. The van der Waals surface area contributed by atoms with E-state index >= 15 is 0 Å². The van der Waals surface area contributed by atoms with Crippen LogP contribution in [-0.2, 0) is 13.0 Å². The summed E-state index contributed by atoms with van der Waals surface area (Å²) in [5.74, 6) is 0. The summed E-state index contributed by atoms with van der Waals surface area (Å²) in [7, 11) is 0. The maximum atomic E-state index is 4.17. The molecule has 0 aliphatic rings. The van der Waals surface area contributed by atoms with E-state index in [1.807, 2.05) is 12.3 Å². The molecule has 0 spiro atoms. The number of hydrogen-bond acceptors (Lipinski definition) is 3. The molecule has 1 N–H and O–H groups in total. The zero-order chi connectivity index (χ0) is 14.5. The molecule has 0 saturated carbocycles. The molecule has 21 heavy (non-hydrogen) atoms. The van der Waals surface area contributed by atoms with Crippen LogP contribution in [-0.4, -0.2) is 4.98 Å². The van der Waals surface area contributed by atoms with Crippen molar-refractivity contribution < 1.29 is 0 Å². The van der Waals surface area contributed by atoms with Crippen molar-refractivity contribution in [1.82, 2.24) is 4.98 Å². The summed E-state index contributed by atoms with van der Waals surface area (Å²) in [6.07, 6.45) is 4.78. The zero-order valence-corrected chi connectivity index (χ0v) is 12.9. The Balaban J connectivity index is 1.71. The van der Waals surface area contributed by atoms with Gasteiger partial charge in [-0.1, -0.05) is 37.3 Å². The molecule has 3 aromatic rings. The molecule has 0 aliphatic heterocycles. The zero-order valence-electron chi connectivity index (χ0n) is 12.0. The molecule has 2 aromatic heterocycles. The summed E-state index contributed by atoms with van der Waals surface area (Å²) >= 11 is 1.75. The average Bonchev–Trinajstić information content (AvgIpc) is 3.03. The summed E-state index contributed by atoms with van der Waals surface area (Å²) in [6.45, 7) is 3.07. The molecular formula is C18H18N2S. The molecule has 0 bridgehead atoms. The Kier molecular flexibility index (Phi) is 4.31. The lowest BCUT2D eigenvalue weighted by Gasteiger charge is -2.08. The van der Waals surface area contributed by atoms with Gasteiger partial charge < -0.3 is 5.32 Å². The highest BCUT2D eigenvalue weighted by Gasteiger charge is 2.04. The lowest BCUT2D eigenvalue weighted by atomic mass is 10.1. The van der Waals surface area contributed by atoms with Crippen LogP contribution in [0.3, 0.4) is 0 Å². The van der Waals surface area contributed by atoms with Crippen LogP contribution >= 0.6 is 11.3 Å². The second kappa shape index (κ2) is 6.55. The number of pyridine rings is 1. The molecule has 0 atom stereocenters. The normalized spacial score (nSPS) is 10.5. The number of nitrogens with zero attached hydrogens (tertiary/aromatic N) is 1. The van der Waals surface area contributed by atoms with Crippen LogP contribution in [0, 0.1) is 0 Å². The van der Waals surface area contributed by atoms with Gasteiger partial charge >= 0.3 is 0 Å². The topological polar surface area (TPSA) is 24.9 Å². The molecule has 0 radical (unpaired) electrons. The van der Waals surface area contributed by atoms with Crippen molar-refractivity contribution in [3.63, 3.8) is 0 Å². The van der Waals surface area contributed by atoms with Gasteiger partial charge in [-0.05, 0) is 29.7 Å². The minimum Gasteiger partial charge on any atom is -0.380 e. The van der Waals surface area contributed by atoms with Gasteiger partial charge in [0.05, 0.1) is 0 Å². The van der Waals surface area contributed by atoms with Crippen LogP contribution in [0.2, 0.25) is 0 Å². The number of aromatic nitrogens is 1. The number of hydrogen-bond donors (Lipinski definition) is 1. The number of aryl methyl sites for hydroxylation is 1. The van der Waals surface area contributed by atoms with Crippen LogP contribution in [0.1, 0.15) is 18.1 Å². The fourth-order valence-corrected chi connectivity index (χ4v) is 3.22. The first-order valence-electron chi connectivity index (χ1n) is 7.16. The van der Waals surface area contributed by atoms with Gasteiger partial charge in [-0.25, -0.2) is 0 Å². The fourth-order valence-electron chi connectivity index (χ4n) is 2.36. The van der Waals surface area contributed by atoms with Gasteiger partial charge in [0.15, 0.2) is 0 Å². The highest BCUT2D eigenvalue weighted by molar-refractivity contribution is 7.14. The monoisotopic (exact) mass is 294 g/mol. The predicted molar refractivity (Wildman–Crippen MR) is 90.7 cm³/mol. The SMILES string of the molecule is CCc1ccccc1CNc1csc(-c2cccnc2)c1. The number of rotatable bonds is 5. The highest BCUT2D eigenvalue weighted by Crippen LogP contribution is 2.29. The Hall–Kier alpha value is -2.13. The molecule has 2 heterocycles. The number of anilines is 1.